The Hall–Kier alpha value is -3.41. The van der Waals surface area contributed by atoms with Gasteiger partial charge in [0, 0.05) is 38.3 Å². The summed E-state index contributed by atoms with van der Waals surface area (Å²) in [6, 6.07) is 23.9. The summed E-state index contributed by atoms with van der Waals surface area (Å²) < 4.78 is 0. The second-order valence-corrected chi connectivity index (χ2v) is 6.76. The molecule has 0 spiro atoms. The second kappa shape index (κ2) is 8.52. The van der Waals surface area contributed by atoms with Gasteiger partial charge in [0.1, 0.15) is 0 Å². The van der Waals surface area contributed by atoms with Gasteiger partial charge in [-0.3, -0.25) is 0 Å². The highest BCUT2D eigenvalue weighted by Gasteiger charge is 2.22. The Morgan fingerprint density at radius 1 is 0.821 bits per heavy atom. The SMILES string of the molecule is O=C(NCc1ccccc1)N1CCN(c2ccc(-c3ccccc3)nn2)CC1. The molecule has 142 valence electrons. The van der Waals surface area contributed by atoms with Crippen LogP contribution in [0.25, 0.3) is 11.3 Å². The molecule has 1 aromatic heterocycles. The molecule has 0 bridgehead atoms. The molecule has 0 atom stereocenters. The first-order valence-corrected chi connectivity index (χ1v) is 9.50. The first-order chi connectivity index (χ1) is 13.8. The molecule has 6 heteroatoms. The van der Waals surface area contributed by atoms with Gasteiger partial charge in [-0.05, 0) is 17.7 Å². The van der Waals surface area contributed by atoms with Crippen LogP contribution in [-0.2, 0) is 6.54 Å². The summed E-state index contributed by atoms with van der Waals surface area (Å²) in [4.78, 5) is 16.4. The number of carbonyl (C=O) groups excluding carboxylic acids is 1. The van der Waals surface area contributed by atoms with Gasteiger partial charge < -0.3 is 15.1 Å². The van der Waals surface area contributed by atoms with Gasteiger partial charge in [-0.1, -0.05) is 60.7 Å². The maximum atomic E-state index is 12.4. The zero-order valence-corrected chi connectivity index (χ0v) is 15.7. The summed E-state index contributed by atoms with van der Waals surface area (Å²) >= 11 is 0. The van der Waals surface area contributed by atoms with E-state index in [1.165, 1.54) is 0 Å². The highest BCUT2D eigenvalue weighted by atomic mass is 16.2. The number of hydrogen-bond donors (Lipinski definition) is 1. The topological polar surface area (TPSA) is 61.4 Å². The average Bonchev–Trinajstić information content (AvgIpc) is 2.79. The summed E-state index contributed by atoms with van der Waals surface area (Å²) in [5.41, 5.74) is 3.02. The van der Waals surface area contributed by atoms with E-state index >= 15 is 0 Å². The molecule has 1 N–H and O–H groups in total. The van der Waals surface area contributed by atoms with Crippen LogP contribution in [0.4, 0.5) is 10.6 Å². The van der Waals surface area contributed by atoms with Gasteiger partial charge in [-0.25, -0.2) is 4.79 Å². The number of carbonyl (C=O) groups is 1. The van der Waals surface area contributed by atoms with Crippen LogP contribution in [0, 0.1) is 0 Å². The van der Waals surface area contributed by atoms with Gasteiger partial charge in [0.25, 0.3) is 0 Å². The van der Waals surface area contributed by atoms with Crippen LogP contribution >= 0.6 is 0 Å². The molecule has 0 aliphatic carbocycles. The first-order valence-electron chi connectivity index (χ1n) is 9.50. The average molecular weight is 373 g/mol. The van der Waals surface area contributed by atoms with Crippen molar-refractivity contribution in [2.24, 2.45) is 0 Å². The van der Waals surface area contributed by atoms with Crippen LogP contribution in [0.1, 0.15) is 5.56 Å². The second-order valence-electron chi connectivity index (χ2n) is 6.76. The van der Waals surface area contributed by atoms with Gasteiger partial charge in [-0.2, -0.15) is 0 Å². The predicted molar refractivity (Wildman–Crippen MR) is 110 cm³/mol. The summed E-state index contributed by atoms with van der Waals surface area (Å²) in [5.74, 6) is 0.851. The number of hydrogen-bond acceptors (Lipinski definition) is 4. The number of rotatable bonds is 4. The fraction of sp³-hybridized carbons (Fsp3) is 0.227. The van der Waals surface area contributed by atoms with Crippen molar-refractivity contribution in [1.82, 2.24) is 20.4 Å². The van der Waals surface area contributed by atoms with E-state index in [9.17, 15) is 4.79 Å². The molecule has 4 rings (SSSR count). The Kier molecular flexibility index (Phi) is 5.47. The van der Waals surface area contributed by atoms with Gasteiger partial charge >= 0.3 is 6.03 Å². The third-order valence-corrected chi connectivity index (χ3v) is 4.90. The highest BCUT2D eigenvalue weighted by Crippen LogP contribution is 2.19. The van der Waals surface area contributed by atoms with Gasteiger partial charge in [0.05, 0.1) is 5.69 Å². The third kappa shape index (κ3) is 4.28. The van der Waals surface area contributed by atoms with Crippen molar-refractivity contribution in [3.8, 4) is 11.3 Å². The van der Waals surface area contributed by atoms with Crippen molar-refractivity contribution in [2.75, 3.05) is 31.1 Å². The number of aromatic nitrogens is 2. The van der Waals surface area contributed by atoms with Crippen molar-refractivity contribution < 1.29 is 4.79 Å². The number of piperazine rings is 1. The number of amides is 2. The Morgan fingerprint density at radius 3 is 2.14 bits per heavy atom. The van der Waals surface area contributed by atoms with Crippen LogP contribution in [0.2, 0.25) is 0 Å². The van der Waals surface area contributed by atoms with E-state index in [4.69, 9.17) is 0 Å². The molecule has 6 nitrogen and oxygen atoms in total. The monoisotopic (exact) mass is 373 g/mol. The van der Waals surface area contributed by atoms with Crippen LogP contribution in [0.3, 0.4) is 0 Å². The standard InChI is InChI=1S/C22H23N5O/c28-22(23-17-18-7-3-1-4-8-18)27-15-13-26(14-16-27)21-12-11-20(24-25-21)19-9-5-2-6-10-19/h1-12H,13-17H2,(H,23,28). The van der Waals surface area contributed by atoms with Crippen LogP contribution in [0.5, 0.6) is 0 Å². The molecule has 1 saturated heterocycles. The lowest BCUT2D eigenvalue weighted by molar-refractivity contribution is 0.194. The Bertz CT molecular complexity index is 891. The third-order valence-electron chi connectivity index (χ3n) is 4.90. The molecule has 1 fully saturated rings. The number of urea groups is 1. The fourth-order valence-corrected chi connectivity index (χ4v) is 3.28. The lowest BCUT2D eigenvalue weighted by Gasteiger charge is -2.35. The lowest BCUT2D eigenvalue weighted by Crippen LogP contribution is -2.51. The molecule has 1 aliphatic heterocycles. The minimum atomic E-state index is -0.0194. The summed E-state index contributed by atoms with van der Waals surface area (Å²) in [6.07, 6.45) is 0. The molecule has 1 aliphatic rings. The smallest absolute Gasteiger partial charge is 0.317 e. The number of anilines is 1. The van der Waals surface area contributed by atoms with Gasteiger partial charge in [-0.15, -0.1) is 10.2 Å². The zero-order valence-electron chi connectivity index (χ0n) is 15.7. The molecule has 2 amide bonds. The van der Waals surface area contributed by atoms with E-state index in [-0.39, 0.29) is 6.03 Å². The molecule has 2 heterocycles. The Balaban J connectivity index is 1.29. The minimum absolute atomic E-state index is 0.0194. The zero-order chi connectivity index (χ0) is 19.2. The maximum Gasteiger partial charge on any atom is 0.317 e. The number of nitrogens with one attached hydrogen (secondary N) is 1. The number of nitrogens with zero attached hydrogens (tertiary/aromatic N) is 4. The summed E-state index contributed by atoms with van der Waals surface area (Å²) in [6.45, 7) is 3.38. The number of benzene rings is 2. The summed E-state index contributed by atoms with van der Waals surface area (Å²) in [7, 11) is 0. The van der Waals surface area contributed by atoms with E-state index in [1.54, 1.807) is 0 Å². The molecular weight excluding hydrogens is 350 g/mol. The largest absolute Gasteiger partial charge is 0.352 e. The fourth-order valence-electron chi connectivity index (χ4n) is 3.28. The van der Waals surface area contributed by atoms with Crippen molar-refractivity contribution in [3.63, 3.8) is 0 Å². The molecule has 0 saturated carbocycles. The molecule has 0 radical (unpaired) electrons. The molecule has 0 unspecified atom stereocenters. The van der Waals surface area contributed by atoms with Crippen molar-refractivity contribution >= 4 is 11.8 Å². The summed E-state index contributed by atoms with van der Waals surface area (Å²) in [5, 5.41) is 11.7. The Morgan fingerprint density at radius 2 is 1.50 bits per heavy atom. The molecular formula is C22H23N5O. The predicted octanol–water partition coefficient (Wildman–Crippen LogP) is 3.18. The minimum Gasteiger partial charge on any atom is -0.352 e. The van der Waals surface area contributed by atoms with Crippen molar-refractivity contribution in [1.29, 1.82) is 0 Å². The quantitative estimate of drug-likeness (QED) is 0.763. The highest BCUT2D eigenvalue weighted by molar-refractivity contribution is 5.74. The van der Waals surface area contributed by atoms with E-state index in [0.717, 1.165) is 35.7 Å². The lowest BCUT2D eigenvalue weighted by atomic mass is 10.1. The molecule has 28 heavy (non-hydrogen) atoms. The maximum absolute atomic E-state index is 12.4. The Labute approximate surface area is 164 Å². The normalized spacial score (nSPS) is 14.0. The molecule has 3 aromatic rings. The van der Waals surface area contributed by atoms with Crippen LogP contribution < -0.4 is 10.2 Å². The van der Waals surface area contributed by atoms with Gasteiger partial charge in [0.15, 0.2) is 5.82 Å². The van der Waals surface area contributed by atoms with Crippen molar-refractivity contribution in [2.45, 2.75) is 6.54 Å². The first kappa shape index (κ1) is 18.0. The van der Waals surface area contributed by atoms with Crippen LogP contribution in [0.15, 0.2) is 72.8 Å². The van der Waals surface area contributed by atoms with E-state index in [2.05, 4.69) is 20.4 Å². The van der Waals surface area contributed by atoms with Gasteiger partial charge in [0.2, 0.25) is 0 Å². The van der Waals surface area contributed by atoms with E-state index < -0.39 is 0 Å². The van der Waals surface area contributed by atoms with E-state index in [0.29, 0.717) is 19.6 Å². The van der Waals surface area contributed by atoms with Crippen LogP contribution in [-0.4, -0.2) is 47.3 Å². The van der Waals surface area contributed by atoms with E-state index in [1.807, 2.05) is 77.7 Å². The van der Waals surface area contributed by atoms with Crippen molar-refractivity contribution in [3.05, 3.63) is 78.4 Å². The molecule has 2 aromatic carbocycles.